The predicted octanol–water partition coefficient (Wildman–Crippen LogP) is 7.22. The molecular formula is C39H36F3N3O6. The molecule has 0 bridgehead atoms. The lowest BCUT2D eigenvalue weighted by molar-refractivity contribution is -0.192. The number of halogens is 3. The van der Waals surface area contributed by atoms with Gasteiger partial charge in [0, 0.05) is 24.3 Å². The van der Waals surface area contributed by atoms with Gasteiger partial charge in [-0.2, -0.15) is 13.2 Å². The molecule has 0 aromatic heterocycles. The number of carboxylic acid groups (broad SMARTS) is 1. The normalized spacial score (nSPS) is 10.7. The molecule has 0 aliphatic heterocycles. The number of aliphatic carboxylic acids is 1. The van der Waals surface area contributed by atoms with Gasteiger partial charge in [0.2, 0.25) is 0 Å². The van der Waals surface area contributed by atoms with E-state index in [-0.39, 0.29) is 18.4 Å². The number of nitrogens with one attached hydrogen (secondary N) is 1. The number of carbonyl (C=O) groups excluding carboxylic acids is 2. The average molecular weight is 700 g/mol. The molecule has 0 radical (unpaired) electrons. The predicted molar refractivity (Wildman–Crippen MR) is 187 cm³/mol. The van der Waals surface area contributed by atoms with Crippen LogP contribution in [-0.4, -0.2) is 48.8 Å². The van der Waals surface area contributed by atoms with Crippen molar-refractivity contribution in [3.63, 3.8) is 0 Å². The van der Waals surface area contributed by atoms with Crippen LogP contribution in [0.2, 0.25) is 0 Å². The lowest BCUT2D eigenvalue weighted by atomic mass is 9.98. The highest BCUT2D eigenvalue weighted by Crippen LogP contribution is 2.28. The lowest BCUT2D eigenvalue weighted by Crippen LogP contribution is -2.33. The molecule has 5 rings (SSSR count). The van der Waals surface area contributed by atoms with Crippen molar-refractivity contribution in [1.29, 1.82) is 0 Å². The van der Waals surface area contributed by atoms with E-state index in [1.165, 1.54) is 0 Å². The van der Waals surface area contributed by atoms with Gasteiger partial charge >= 0.3 is 12.1 Å². The van der Waals surface area contributed by atoms with Crippen LogP contribution >= 0.6 is 0 Å². The van der Waals surface area contributed by atoms with Crippen molar-refractivity contribution in [2.75, 3.05) is 24.6 Å². The number of carbonyl (C=O) groups is 3. The SMILES string of the molecule is NCCNC(=O)c1ccccc1-c1ccc(CN(C(=O)COCc2ccccc2)c2ccc(Oc3ccccc3)cc2)cc1.O=C(O)C(F)(F)F. The summed E-state index contributed by atoms with van der Waals surface area (Å²) in [7, 11) is 0. The number of benzene rings is 5. The molecule has 9 nitrogen and oxygen atoms in total. The van der Waals surface area contributed by atoms with Gasteiger partial charge < -0.3 is 30.5 Å². The van der Waals surface area contributed by atoms with E-state index in [4.69, 9.17) is 25.1 Å². The van der Waals surface area contributed by atoms with Crippen LogP contribution < -0.4 is 20.7 Å². The van der Waals surface area contributed by atoms with Crippen LogP contribution in [0.15, 0.2) is 133 Å². The van der Waals surface area contributed by atoms with Crippen molar-refractivity contribution in [2.45, 2.75) is 19.3 Å². The Hall–Kier alpha value is -5.98. The first-order valence-corrected chi connectivity index (χ1v) is 15.8. The molecule has 5 aromatic carbocycles. The molecule has 0 heterocycles. The van der Waals surface area contributed by atoms with Crippen LogP contribution in [0, 0.1) is 0 Å². The summed E-state index contributed by atoms with van der Waals surface area (Å²) in [6.07, 6.45) is -5.08. The Morgan fingerprint density at radius 3 is 1.90 bits per heavy atom. The standard InChI is InChI=1S/C37H35N3O4.C2HF3O2/c38-23-24-39-37(42)35-14-8-7-13-34(35)30-17-15-28(16-18-30)25-40(36(41)27-43-26-29-9-3-1-4-10-29)31-19-21-33(22-20-31)44-32-11-5-2-6-12-32;3-2(4,5)1(6)7/h1-22H,23-27,38H2,(H,39,42);(H,6,7). The van der Waals surface area contributed by atoms with Crippen molar-refractivity contribution < 1.29 is 42.1 Å². The highest BCUT2D eigenvalue weighted by Gasteiger charge is 2.38. The summed E-state index contributed by atoms with van der Waals surface area (Å²) in [6, 6.07) is 42.1. The highest BCUT2D eigenvalue weighted by molar-refractivity contribution is 6.01. The van der Waals surface area contributed by atoms with E-state index < -0.39 is 12.1 Å². The zero-order valence-electron chi connectivity index (χ0n) is 27.4. The summed E-state index contributed by atoms with van der Waals surface area (Å²) >= 11 is 0. The van der Waals surface area contributed by atoms with Gasteiger partial charge in [0.05, 0.1) is 13.2 Å². The number of anilines is 1. The van der Waals surface area contributed by atoms with Crippen LogP contribution in [0.25, 0.3) is 11.1 Å². The molecule has 0 atom stereocenters. The molecular weight excluding hydrogens is 663 g/mol. The second kappa shape index (κ2) is 18.7. The minimum absolute atomic E-state index is 0.0689. The third kappa shape index (κ3) is 11.8. The van der Waals surface area contributed by atoms with Crippen LogP contribution in [0.5, 0.6) is 11.5 Å². The lowest BCUT2D eigenvalue weighted by Gasteiger charge is -2.24. The molecule has 0 spiro atoms. The van der Waals surface area contributed by atoms with Crippen LogP contribution in [0.3, 0.4) is 0 Å². The molecule has 264 valence electrons. The second-order valence-corrected chi connectivity index (χ2v) is 11.0. The summed E-state index contributed by atoms with van der Waals surface area (Å²) in [4.78, 5) is 36.8. The van der Waals surface area contributed by atoms with E-state index in [1.54, 1.807) is 11.0 Å². The van der Waals surface area contributed by atoms with Crippen molar-refractivity contribution in [3.8, 4) is 22.6 Å². The number of para-hydroxylation sites is 1. The Kier molecular flexibility index (Phi) is 13.9. The average Bonchev–Trinajstić information content (AvgIpc) is 3.14. The minimum atomic E-state index is -5.08. The first-order chi connectivity index (χ1) is 24.5. The smallest absolute Gasteiger partial charge is 0.475 e. The maximum absolute atomic E-state index is 13.5. The monoisotopic (exact) mass is 699 g/mol. The molecule has 0 unspecified atom stereocenters. The van der Waals surface area contributed by atoms with E-state index in [0.717, 1.165) is 33.7 Å². The van der Waals surface area contributed by atoms with Gasteiger partial charge in [-0.15, -0.1) is 0 Å². The number of hydrogen-bond acceptors (Lipinski definition) is 6. The van der Waals surface area contributed by atoms with E-state index in [0.29, 0.717) is 37.6 Å². The molecule has 2 amide bonds. The minimum Gasteiger partial charge on any atom is -0.475 e. The third-order valence-corrected chi connectivity index (χ3v) is 7.22. The molecule has 0 aliphatic rings. The van der Waals surface area contributed by atoms with Gasteiger partial charge in [0.25, 0.3) is 11.8 Å². The van der Waals surface area contributed by atoms with Gasteiger partial charge in [0.15, 0.2) is 0 Å². The Balaban J connectivity index is 0.000000755. The van der Waals surface area contributed by atoms with E-state index in [1.807, 2.05) is 127 Å². The largest absolute Gasteiger partial charge is 0.490 e. The van der Waals surface area contributed by atoms with E-state index in [2.05, 4.69) is 5.32 Å². The topological polar surface area (TPSA) is 131 Å². The number of amides is 2. The van der Waals surface area contributed by atoms with Crippen molar-refractivity contribution in [1.82, 2.24) is 5.32 Å². The first-order valence-electron chi connectivity index (χ1n) is 15.8. The Bertz CT molecular complexity index is 1850. The zero-order valence-corrected chi connectivity index (χ0v) is 27.4. The van der Waals surface area contributed by atoms with Crippen LogP contribution in [0.1, 0.15) is 21.5 Å². The quantitative estimate of drug-likeness (QED) is 0.118. The summed E-state index contributed by atoms with van der Waals surface area (Å²) < 4.78 is 43.5. The van der Waals surface area contributed by atoms with Crippen LogP contribution in [-0.2, 0) is 27.5 Å². The van der Waals surface area contributed by atoms with Gasteiger partial charge in [-0.3, -0.25) is 9.59 Å². The fraction of sp³-hybridized carbons (Fsp3) is 0.154. The number of ether oxygens (including phenoxy) is 2. The van der Waals surface area contributed by atoms with Gasteiger partial charge in [0.1, 0.15) is 18.1 Å². The number of nitrogens with zero attached hydrogens (tertiary/aromatic N) is 1. The van der Waals surface area contributed by atoms with Crippen molar-refractivity contribution in [2.24, 2.45) is 5.73 Å². The molecule has 0 fully saturated rings. The fourth-order valence-electron chi connectivity index (χ4n) is 4.74. The molecule has 0 saturated heterocycles. The molecule has 51 heavy (non-hydrogen) atoms. The number of alkyl halides is 3. The van der Waals surface area contributed by atoms with Gasteiger partial charge in [-0.1, -0.05) is 91.0 Å². The number of carboxylic acids is 1. The number of nitrogens with two attached hydrogens (primary N) is 1. The maximum atomic E-state index is 13.5. The maximum Gasteiger partial charge on any atom is 0.490 e. The Morgan fingerprint density at radius 2 is 1.29 bits per heavy atom. The fourth-order valence-corrected chi connectivity index (χ4v) is 4.74. The van der Waals surface area contributed by atoms with Crippen molar-refractivity contribution in [3.05, 3.63) is 150 Å². The Morgan fingerprint density at radius 1 is 0.725 bits per heavy atom. The first kappa shape index (κ1) is 37.8. The third-order valence-electron chi connectivity index (χ3n) is 7.22. The van der Waals surface area contributed by atoms with Gasteiger partial charge in [-0.25, -0.2) is 4.79 Å². The Labute approximate surface area is 293 Å². The summed E-state index contributed by atoms with van der Waals surface area (Å²) in [5, 5.41) is 9.97. The number of hydrogen-bond donors (Lipinski definition) is 3. The van der Waals surface area contributed by atoms with E-state index in [9.17, 15) is 22.8 Å². The molecule has 4 N–H and O–H groups in total. The number of rotatable bonds is 13. The van der Waals surface area contributed by atoms with E-state index >= 15 is 0 Å². The van der Waals surface area contributed by atoms with Gasteiger partial charge in [-0.05, 0) is 64.7 Å². The van der Waals surface area contributed by atoms with Crippen LogP contribution in [0.4, 0.5) is 18.9 Å². The molecule has 5 aromatic rings. The second-order valence-electron chi connectivity index (χ2n) is 11.0. The molecule has 12 heteroatoms. The molecule has 0 aliphatic carbocycles. The zero-order chi connectivity index (χ0) is 36.6. The summed E-state index contributed by atoms with van der Waals surface area (Å²) in [5.41, 5.74) is 10.5. The molecule has 0 saturated carbocycles. The summed E-state index contributed by atoms with van der Waals surface area (Å²) in [5.74, 6) is -1.68. The highest BCUT2D eigenvalue weighted by atomic mass is 19.4. The summed E-state index contributed by atoms with van der Waals surface area (Å²) in [6.45, 7) is 1.39. The van der Waals surface area contributed by atoms with Crippen molar-refractivity contribution >= 4 is 23.5 Å².